The normalized spacial score (nSPS) is 14.9. The van der Waals surface area contributed by atoms with Crippen LogP contribution in [0.1, 0.15) is 21.5 Å². The van der Waals surface area contributed by atoms with E-state index in [1.807, 2.05) is 49.4 Å². The van der Waals surface area contributed by atoms with E-state index in [4.69, 9.17) is 4.74 Å². The summed E-state index contributed by atoms with van der Waals surface area (Å²) in [5.41, 5.74) is 4.52. The second-order valence-electron chi connectivity index (χ2n) is 6.89. The lowest BCUT2D eigenvalue weighted by atomic mass is 9.99. The molecule has 4 rings (SSSR count). The van der Waals surface area contributed by atoms with Gasteiger partial charge in [0, 0.05) is 41.4 Å². The van der Waals surface area contributed by atoms with Crippen LogP contribution >= 0.6 is 0 Å². The zero-order valence-electron chi connectivity index (χ0n) is 15.7. The summed E-state index contributed by atoms with van der Waals surface area (Å²) >= 11 is 0. The number of carbonyl (C=O) groups is 1. The number of ether oxygens (including phenoxy) is 1. The van der Waals surface area contributed by atoms with Gasteiger partial charge in [-0.3, -0.25) is 4.79 Å². The number of Topliss-reactive ketones (excluding diaryl/α,β-unsaturated/α-hetero) is 1. The smallest absolute Gasteiger partial charge is 0.205 e. The highest BCUT2D eigenvalue weighted by atomic mass is 16.5. The van der Waals surface area contributed by atoms with Crippen molar-refractivity contribution in [3.05, 3.63) is 70.9 Å². The first-order chi connectivity index (χ1) is 13.7. The molecule has 0 unspecified atom stereocenters. The maximum absolute atomic E-state index is 13.0. The fourth-order valence-electron chi connectivity index (χ4n) is 3.61. The number of H-pyrrole nitrogens is 1. The summed E-state index contributed by atoms with van der Waals surface area (Å²) in [6.45, 7) is 5.18. The van der Waals surface area contributed by atoms with E-state index in [0.29, 0.717) is 5.56 Å². The largest absolute Gasteiger partial charge is 0.378 e. The first-order valence-electron chi connectivity index (χ1n) is 9.33. The number of hydrogen-bond donors (Lipinski definition) is 1. The van der Waals surface area contributed by atoms with Gasteiger partial charge in [0.2, 0.25) is 5.78 Å². The predicted molar refractivity (Wildman–Crippen MR) is 110 cm³/mol. The summed E-state index contributed by atoms with van der Waals surface area (Å²) in [6, 6.07) is 15.8. The van der Waals surface area contributed by atoms with E-state index in [2.05, 4.69) is 16.0 Å². The second-order valence-corrected chi connectivity index (χ2v) is 6.89. The number of ketones is 1. The summed E-state index contributed by atoms with van der Waals surface area (Å²) in [5.74, 6) is -0.264. The van der Waals surface area contributed by atoms with Crippen LogP contribution < -0.4 is 4.90 Å². The van der Waals surface area contributed by atoms with Crippen molar-refractivity contribution in [1.82, 2.24) is 4.98 Å². The van der Waals surface area contributed by atoms with Gasteiger partial charge in [0.15, 0.2) is 0 Å². The number of hydrogen-bond acceptors (Lipinski definition) is 4. The topological polar surface area (TPSA) is 69.1 Å². The van der Waals surface area contributed by atoms with Gasteiger partial charge in [-0.05, 0) is 42.3 Å². The minimum Gasteiger partial charge on any atom is -0.378 e. The molecule has 3 aromatic rings. The lowest BCUT2D eigenvalue weighted by Crippen LogP contribution is -2.36. The Balaban J connectivity index is 1.62. The minimum atomic E-state index is -0.264. The SMILES string of the molecule is Cc1cccc2[nH]cc(C(=O)/C(C#N)=C/c3ccc(N4CCOCC4)cc3)c12. The van der Waals surface area contributed by atoms with Gasteiger partial charge in [0.05, 0.1) is 13.2 Å². The first-order valence-corrected chi connectivity index (χ1v) is 9.33. The van der Waals surface area contributed by atoms with Crippen molar-refractivity contribution in [2.45, 2.75) is 6.92 Å². The van der Waals surface area contributed by atoms with Gasteiger partial charge in [-0.25, -0.2) is 0 Å². The Morgan fingerprint density at radius 1 is 1.18 bits per heavy atom. The first kappa shape index (κ1) is 18.0. The number of rotatable bonds is 4. The van der Waals surface area contributed by atoms with Crippen molar-refractivity contribution in [2.75, 3.05) is 31.2 Å². The Hall–Kier alpha value is -3.36. The number of allylic oxidation sites excluding steroid dienone is 1. The number of carbonyl (C=O) groups excluding carboxylic acids is 1. The molecule has 1 fully saturated rings. The highest BCUT2D eigenvalue weighted by Gasteiger charge is 2.18. The summed E-state index contributed by atoms with van der Waals surface area (Å²) in [7, 11) is 0. The molecule has 0 radical (unpaired) electrons. The number of anilines is 1. The van der Waals surface area contributed by atoms with Gasteiger partial charge >= 0.3 is 0 Å². The lowest BCUT2D eigenvalue weighted by Gasteiger charge is -2.28. The number of morpholine rings is 1. The molecule has 1 saturated heterocycles. The van der Waals surface area contributed by atoms with E-state index < -0.39 is 0 Å². The fraction of sp³-hybridized carbons (Fsp3) is 0.217. The highest BCUT2D eigenvalue weighted by molar-refractivity contribution is 6.20. The maximum Gasteiger partial charge on any atom is 0.205 e. The third-order valence-corrected chi connectivity index (χ3v) is 5.10. The number of fused-ring (bicyclic) bond motifs is 1. The van der Waals surface area contributed by atoms with Crippen LogP contribution in [0.4, 0.5) is 5.69 Å². The van der Waals surface area contributed by atoms with Crippen LogP contribution in [0.3, 0.4) is 0 Å². The molecule has 1 aliphatic heterocycles. The van der Waals surface area contributed by atoms with Gasteiger partial charge in [-0.2, -0.15) is 5.26 Å². The Labute approximate surface area is 163 Å². The molecular weight excluding hydrogens is 350 g/mol. The number of aromatic nitrogens is 1. The quantitative estimate of drug-likeness (QED) is 0.426. The number of nitrogens with one attached hydrogen (secondary N) is 1. The van der Waals surface area contributed by atoms with Crippen LogP contribution in [-0.4, -0.2) is 37.1 Å². The summed E-state index contributed by atoms with van der Waals surface area (Å²) in [6.07, 6.45) is 3.34. The third kappa shape index (κ3) is 3.42. The molecule has 1 aliphatic rings. The molecule has 28 heavy (non-hydrogen) atoms. The number of nitriles is 1. The van der Waals surface area contributed by atoms with Gasteiger partial charge in [0.1, 0.15) is 11.6 Å². The number of benzene rings is 2. The van der Waals surface area contributed by atoms with E-state index in [-0.39, 0.29) is 11.4 Å². The van der Waals surface area contributed by atoms with Gasteiger partial charge in [0.25, 0.3) is 0 Å². The fourth-order valence-corrected chi connectivity index (χ4v) is 3.61. The van der Waals surface area contributed by atoms with Crippen LogP contribution in [0, 0.1) is 18.3 Å². The molecular formula is C23H21N3O2. The van der Waals surface area contributed by atoms with Crippen LogP contribution in [0.25, 0.3) is 17.0 Å². The van der Waals surface area contributed by atoms with Crippen molar-refractivity contribution in [1.29, 1.82) is 5.26 Å². The van der Waals surface area contributed by atoms with E-state index in [9.17, 15) is 10.1 Å². The van der Waals surface area contributed by atoms with Crippen LogP contribution in [0.5, 0.6) is 0 Å². The molecule has 2 heterocycles. The van der Waals surface area contributed by atoms with Crippen molar-refractivity contribution in [3.8, 4) is 6.07 Å². The van der Waals surface area contributed by atoms with Crippen molar-refractivity contribution in [3.63, 3.8) is 0 Å². The van der Waals surface area contributed by atoms with E-state index in [1.54, 1.807) is 12.3 Å². The molecule has 0 atom stereocenters. The lowest BCUT2D eigenvalue weighted by molar-refractivity contribution is 0.104. The number of aromatic amines is 1. The molecule has 140 valence electrons. The summed E-state index contributed by atoms with van der Waals surface area (Å²) in [5, 5.41) is 10.5. The standard InChI is InChI=1S/C23H21N3O2/c1-16-3-2-4-21-22(16)20(15-25-21)23(27)18(14-24)13-17-5-7-19(8-6-17)26-9-11-28-12-10-26/h2-8,13,15,25H,9-12H2,1H3/b18-13+. The molecule has 5 heteroatoms. The van der Waals surface area contributed by atoms with Crippen molar-refractivity contribution >= 4 is 28.4 Å². The van der Waals surface area contributed by atoms with Crippen molar-refractivity contribution in [2.24, 2.45) is 0 Å². The zero-order valence-corrected chi connectivity index (χ0v) is 15.7. The molecule has 5 nitrogen and oxygen atoms in total. The predicted octanol–water partition coefficient (Wildman–Crippen LogP) is 4.10. The Kier molecular flexibility index (Phi) is 4.96. The summed E-state index contributed by atoms with van der Waals surface area (Å²) in [4.78, 5) is 18.4. The summed E-state index contributed by atoms with van der Waals surface area (Å²) < 4.78 is 5.39. The van der Waals surface area contributed by atoms with Crippen LogP contribution in [0.2, 0.25) is 0 Å². The molecule has 1 aromatic heterocycles. The maximum atomic E-state index is 13.0. The second kappa shape index (κ2) is 7.71. The third-order valence-electron chi connectivity index (χ3n) is 5.10. The van der Waals surface area contributed by atoms with Gasteiger partial charge in [-0.15, -0.1) is 0 Å². The molecule has 0 spiro atoms. The molecule has 0 amide bonds. The molecule has 0 aliphatic carbocycles. The number of aryl methyl sites for hydroxylation is 1. The monoisotopic (exact) mass is 371 g/mol. The highest BCUT2D eigenvalue weighted by Crippen LogP contribution is 2.25. The average molecular weight is 371 g/mol. The van der Waals surface area contributed by atoms with E-state index >= 15 is 0 Å². The Bertz CT molecular complexity index is 1080. The van der Waals surface area contributed by atoms with Crippen LogP contribution in [-0.2, 0) is 4.74 Å². The number of nitrogens with zero attached hydrogens (tertiary/aromatic N) is 2. The molecule has 0 saturated carbocycles. The molecule has 0 bridgehead atoms. The van der Waals surface area contributed by atoms with Gasteiger partial charge < -0.3 is 14.6 Å². The van der Waals surface area contributed by atoms with E-state index in [0.717, 1.165) is 54.0 Å². The zero-order chi connectivity index (χ0) is 19.5. The molecule has 2 aromatic carbocycles. The minimum absolute atomic E-state index is 0.128. The van der Waals surface area contributed by atoms with E-state index in [1.165, 1.54) is 0 Å². The van der Waals surface area contributed by atoms with Crippen molar-refractivity contribution < 1.29 is 9.53 Å². The van der Waals surface area contributed by atoms with Gasteiger partial charge in [-0.1, -0.05) is 24.3 Å². The van der Waals surface area contributed by atoms with Crippen LogP contribution in [0.15, 0.2) is 54.2 Å². The Morgan fingerprint density at radius 2 is 1.93 bits per heavy atom. The average Bonchev–Trinajstić information content (AvgIpc) is 3.18. The Morgan fingerprint density at radius 3 is 2.64 bits per heavy atom. The molecule has 1 N–H and O–H groups in total.